The third-order valence-electron chi connectivity index (χ3n) is 6.54. The maximum atomic E-state index is 10.5. The van der Waals surface area contributed by atoms with E-state index in [1.165, 1.54) is 11.1 Å². The zero-order valence-electron chi connectivity index (χ0n) is 20.2. The number of piperazine rings is 1. The Morgan fingerprint density at radius 2 is 1.74 bits per heavy atom. The van der Waals surface area contributed by atoms with Crippen molar-refractivity contribution >= 4 is 11.8 Å². The zero-order valence-corrected chi connectivity index (χ0v) is 20.2. The molecule has 0 radical (unpaired) electrons. The van der Waals surface area contributed by atoms with Crippen LogP contribution in [0.1, 0.15) is 36.8 Å². The number of oxime groups is 1. The molecule has 0 amide bonds. The molecule has 2 aromatic carbocycles. The van der Waals surface area contributed by atoms with Gasteiger partial charge in [0.2, 0.25) is 0 Å². The van der Waals surface area contributed by atoms with Crippen LogP contribution in [-0.4, -0.2) is 73.2 Å². The van der Waals surface area contributed by atoms with E-state index >= 15 is 0 Å². The smallest absolute Gasteiger partial charge is 0.144 e. The second-order valence-electron chi connectivity index (χ2n) is 9.20. The zero-order chi connectivity index (χ0) is 23.6. The monoisotopic (exact) mass is 463 g/mol. The lowest BCUT2D eigenvalue weighted by Gasteiger charge is -2.35. The van der Waals surface area contributed by atoms with E-state index in [-0.39, 0.29) is 6.61 Å². The summed E-state index contributed by atoms with van der Waals surface area (Å²) in [6.45, 7) is 5.80. The first-order valence-corrected chi connectivity index (χ1v) is 12.4. The summed E-state index contributed by atoms with van der Waals surface area (Å²) in [7, 11) is 1.68. The molecule has 182 valence electrons. The Morgan fingerprint density at radius 1 is 0.971 bits per heavy atom. The van der Waals surface area contributed by atoms with Crippen molar-refractivity contribution in [1.29, 1.82) is 0 Å². The van der Waals surface area contributed by atoms with Crippen LogP contribution in [0.25, 0.3) is 6.08 Å². The summed E-state index contributed by atoms with van der Waals surface area (Å²) in [6.07, 6.45) is 5.82. The fraction of sp³-hybridized carbons (Fsp3) is 0.464. The first-order chi connectivity index (χ1) is 16.7. The molecule has 1 saturated carbocycles. The molecule has 0 spiro atoms. The summed E-state index contributed by atoms with van der Waals surface area (Å²) in [5.74, 6) is 0.851. The van der Waals surface area contributed by atoms with Crippen LogP contribution >= 0.6 is 0 Å². The highest BCUT2D eigenvalue weighted by Crippen LogP contribution is 2.25. The lowest BCUT2D eigenvalue weighted by Crippen LogP contribution is -2.48. The van der Waals surface area contributed by atoms with Crippen LogP contribution in [0.3, 0.4) is 0 Å². The van der Waals surface area contributed by atoms with Gasteiger partial charge in [0.25, 0.3) is 0 Å². The van der Waals surface area contributed by atoms with Crippen molar-refractivity contribution in [2.75, 3.05) is 46.4 Å². The number of hydrogen-bond donors (Lipinski definition) is 1. The van der Waals surface area contributed by atoms with Gasteiger partial charge in [0, 0.05) is 39.3 Å². The van der Waals surface area contributed by atoms with Crippen molar-refractivity contribution in [3.8, 4) is 5.75 Å². The van der Waals surface area contributed by atoms with E-state index in [1.807, 2.05) is 18.2 Å². The van der Waals surface area contributed by atoms with Gasteiger partial charge < -0.3 is 14.7 Å². The van der Waals surface area contributed by atoms with Crippen LogP contribution in [0.2, 0.25) is 0 Å². The van der Waals surface area contributed by atoms with E-state index in [9.17, 15) is 5.11 Å². The summed E-state index contributed by atoms with van der Waals surface area (Å²) in [5.41, 5.74) is 4.67. The minimum absolute atomic E-state index is 0.222. The Hall–Kier alpha value is -2.67. The highest BCUT2D eigenvalue weighted by Gasteiger charge is 2.20. The van der Waals surface area contributed by atoms with Crippen molar-refractivity contribution in [1.82, 2.24) is 9.80 Å². The van der Waals surface area contributed by atoms with E-state index in [1.54, 1.807) is 7.11 Å². The van der Waals surface area contributed by atoms with Gasteiger partial charge in [-0.25, -0.2) is 0 Å². The lowest BCUT2D eigenvalue weighted by molar-refractivity contribution is 0.00816. The Balaban J connectivity index is 1.22. The first kappa shape index (κ1) is 24.5. The van der Waals surface area contributed by atoms with Gasteiger partial charge in [-0.3, -0.25) is 9.80 Å². The molecule has 1 heterocycles. The molecule has 4 rings (SSSR count). The summed E-state index contributed by atoms with van der Waals surface area (Å²) < 4.78 is 5.34. The molecule has 34 heavy (non-hydrogen) atoms. The van der Waals surface area contributed by atoms with Crippen LogP contribution in [-0.2, 0) is 11.4 Å². The number of β-amino-alcohol motifs (C(OH)–C–C–N with tert-alkyl or cyclic N) is 1. The molecule has 2 aromatic rings. The van der Waals surface area contributed by atoms with E-state index in [0.717, 1.165) is 75.4 Å². The average Bonchev–Trinajstić information content (AvgIpc) is 2.87. The predicted octanol–water partition coefficient (Wildman–Crippen LogP) is 4.20. The van der Waals surface area contributed by atoms with Gasteiger partial charge in [0.05, 0.1) is 12.8 Å². The van der Waals surface area contributed by atoms with Crippen LogP contribution in [0.4, 0.5) is 0 Å². The Kier molecular flexibility index (Phi) is 9.13. The highest BCUT2D eigenvalue weighted by molar-refractivity contribution is 6.04. The van der Waals surface area contributed by atoms with Crippen molar-refractivity contribution in [3.05, 3.63) is 71.3 Å². The number of aliphatic hydroxyl groups excluding tert-OH is 1. The van der Waals surface area contributed by atoms with Crippen molar-refractivity contribution in [3.63, 3.8) is 0 Å². The Labute approximate surface area is 203 Å². The minimum atomic E-state index is -0.542. The molecule has 0 bridgehead atoms. The fourth-order valence-corrected chi connectivity index (χ4v) is 4.63. The van der Waals surface area contributed by atoms with E-state index in [0.29, 0.717) is 6.54 Å². The van der Waals surface area contributed by atoms with Crippen LogP contribution in [0, 0.1) is 0 Å². The van der Waals surface area contributed by atoms with Crippen molar-refractivity contribution in [2.45, 2.75) is 38.3 Å². The van der Waals surface area contributed by atoms with Gasteiger partial charge in [-0.15, -0.1) is 0 Å². The van der Waals surface area contributed by atoms with Gasteiger partial charge in [-0.1, -0.05) is 47.6 Å². The van der Waals surface area contributed by atoms with Gasteiger partial charge in [-0.2, -0.15) is 0 Å². The number of methoxy groups -OCH3 is 1. The highest BCUT2D eigenvalue weighted by atomic mass is 16.6. The van der Waals surface area contributed by atoms with Crippen LogP contribution < -0.4 is 4.74 Å². The second kappa shape index (κ2) is 12.7. The number of benzene rings is 2. The van der Waals surface area contributed by atoms with E-state index in [2.05, 4.69) is 57.4 Å². The molecular weight excluding hydrogens is 426 g/mol. The molecule has 6 heteroatoms. The third kappa shape index (κ3) is 7.42. The predicted molar refractivity (Wildman–Crippen MR) is 137 cm³/mol. The van der Waals surface area contributed by atoms with Crippen molar-refractivity contribution < 1.29 is 14.7 Å². The second-order valence-corrected chi connectivity index (χ2v) is 9.20. The van der Waals surface area contributed by atoms with Crippen LogP contribution in [0.5, 0.6) is 5.75 Å². The number of nitrogens with zero attached hydrogens (tertiary/aromatic N) is 3. The number of aliphatic hydroxyl groups is 1. The maximum absolute atomic E-state index is 10.5. The van der Waals surface area contributed by atoms with Crippen molar-refractivity contribution in [2.24, 2.45) is 5.16 Å². The molecule has 1 aliphatic carbocycles. The van der Waals surface area contributed by atoms with Crippen LogP contribution in [0.15, 0.2) is 65.3 Å². The largest absolute Gasteiger partial charge is 0.497 e. The molecular formula is C28H37N3O3. The number of allylic oxidation sites excluding steroid dienone is 1. The Bertz CT molecular complexity index is 952. The number of hydrogen-bond acceptors (Lipinski definition) is 6. The van der Waals surface area contributed by atoms with Gasteiger partial charge in [-0.05, 0) is 60.6 Å². The lowest BCUT2D eigenvalue weighted by atomic mass is 9.91. The number of rotatable bonds is 9. The SMILES string of the molecule is COc1cccc(/C=C2\CCCC\C2=N/OC[C@@H](O)CN2CCN(Cc3ccccc3)CC2)c1. The molecule has 1 saturated heterocycles. The van der Waals surface area contributed by atoms with Gasteiger partial charge in [0.1, 0.15) is 18.5 Å². The molecule has 1 N–H and O–H groups in total. The molecule has 0 unspecified atom stereocenters. The molecule has 0 aromatic heterocycles. The first-order valence-electron chi connectivity index (χ1n) is 12.4. The topological polar surface area (TPSA) is 57.5 Å². The third-order valence-corrected chi connectivity index (χ3v) is 6.54. The molecule has 2 fully saturated rings. The normalized spacial score (nSPS) is 21.0. The summed E-state index contributed by atoms with van der Waals surface area (Å²) in [6, 6.07) is 18.7. The Morgan fingerprint density at radius 3 is 2.53 bits per heavy atom. The van der Waals surface area contributed by atoms with Gasteiger partial charge in [0.15, 0.2) is 0 Å². The molecule has 6 nitrogen and oxygen atoms in total. The standard InChI is InChI=1S/C28H37N3O3/c1-33-27-12-7-10-24(19-27)18-25-11-5-6-13-28(25)29-34-22-26(32)21-31-16-14-30(15-17-31)20-23-8-3-2-4-9-23/h2-4,7-10,12,18-19,26,32H,5-6,11,13-17,20-22H2,1H3/b25-18+,29-28+/t26-/m0/s1. The maximum Gasteiger partial charge on any atom is 0.144 e. The minimum Gasteiger partial charge on any atom is -0.497 e. The van der Waals surface area contributed by atoms with E-state index < -0.39 is 6.10 Å². The molecule has 1 atom stereocenters. The summed E-state index contributed by atoms with van der Waals surface area (Å²) in [4.78, 5) is 10.4. The molecule has 2 aliphatic rings. The molecule has 1 aliphatic heterocycles. The van der Waals surface area contributed by atoms with E-state index in [4.69, 9.17) is 9.57 Å². The quantitative estimate of drug-likeness (QED) is 0.565. The average molecular weight is 464 g/mol. The number of ether oxygens (including phenoxy) is 1. The van der Waals surface area contributed by atoms with Gasteiger partial charge >= 0.3 is 0 Å². The summed E-state index contributed by atoms with van der Waals surface area (Å²) >= 11 is 0. The fourth-order valence-electron chi connectivity index (χ4n) is 4.63. The summed E-state index contributed by atoms with van der Waals surface area (Å²) in [5, 5.41) is 14.9.